The molecular weight excluding hydrogens is 190 g/mol. The number of hydrogen-bond acceptors (Lipinski definition) is 3. The van der Waals surface area contributed by atoms with E-state index in [-0.39, 0.29) is 6.10 Å². The van der Waals surface area contributed by atoms with Crippen molar-refractivity contribution in [3.05, 3.63) is 18.0 Å². The average Bonchev–Trinajstić information content (AvgIpc) is 2.57. The van der Waals surface area contributed by atoms with E-state index in [2.05, 4.69) is 10.4 Å². The van der Waals surface area contributed by atoms with Crippen molar-refractivity contribution in [1.29, 1.82) is 0 Å². The molecule has 0 aliphatic rings. The molecule has 4 heteroatoms. The van der Waals surface area contributed by atoms with Crippen LogP contribution in [0.3, 0.4) is 0 Å². The molecule has 2 N–H and O–H groups in total. The van der Waals surface area contributed by atoms with Crippen LogP contribution in [0.4, 0.5) is 0 Å². The minimum Gasteiger partial charge on any atom is -0.393 e. The predicted molar refractivity (Wildman–Crippen MR) is 60.7 cm³/mol. The van der Waals surface area contributed by atoms with Gasteiger partial charge < -0.3 is 10.4 Å². The summed E-state index contributed by atoms with van der Waals surface area (Å²) in [5.41, 5.74) is 1.25. The van der Waals surface area contributed by atoms with Gasteiger partial charge in [0, 0.05) is 31.9 Å². The summed E-state index contributed by atoms with van der Waals surface area (Å²) in [7, 11) is 1.96. The zero-order valence-electron chi connectivity index (χ0n) is 9.61. The number of aryl methyl sites for hydroxylation is 1. The summed E-state index contributed by atoms with van der Waals surface area (Å²) in [6, 6.07) is 2.04. The molecule has 1 unspecified atom stereocenters. The van der Waals surface area contributed by atoms with Gasteiger partial charge in [-0.25, -0.2) is 0 Å². The second kappa shape index (κ2) is 6.58. The molecule has 0 radical (unpaired) electrons. The van der Waals surface area contributed by atoms with Gasteiger partial charge in [0.05, 0.1) is 6.10 Å². The topological polar surface area (TPSA) is 50.1 Å². The molecule has 0 spiro atoms. The summed E-state index contributed by atoms with van der Waals surface area (Å²) in [5.74, 6) is 0. The highest BCUT2D eigenvalue weighted by atomic mass is 16.3. The number of nitrogens with one attached hydrogen (secondary N) is 1. The first-order chi connectivity index (χ1) is 7.20. The Morgan fingerprint density at radius 3 is 2.93 bits per heavy atom. The molecule has 1 heterocycles. The Balaban J connectivity index is 2.00. The van der Waals surface area contributed by atoms with Crippen molar-refractivity contribution in [2.75, 3.05) is 13.1 Å². The number of rotatable bonds is 7. The maximum Gasteiger partial charge on any atom is 0.0512 e. The zero-order valence-corrected chi connectivity index (χ0v) is 9.61. The van der Waals surface area contributed by atoms with E-state index in [1.807, 2.05) is 30.9 Å². The Kier molecular flexibility index (Phi) is 5.36. The van der Waals surface area contributed by atoms with E-state index < -0.39 is 0 Å². The molecule has 0 saturated carbocycles. The van der Waals surface area contributed by atoms with Crippen LogP contribution < -0.4 is 5.32 Å². The van der Waals surface area contributed by atoms with Crippen molar-refractivity contribution in [2.24, 2.45) is 7.05 Å². The molecule has 4 nitrogen and oxygen atoms in total. The van der Waals surface area contributed by atoms with Crippen molar-refractivity contribution < 1.29 is 5.11 Å². The SMILES string of the molecule is CC(O)CCCNCCc1ccnn1C. The molecule has 0 bridgehead atoms. The average molecular weight is 211 g/mol. The molecule has 86 valence electrons. The molecule has 0 aliphatic carbocycles. The van der Waals surface area contributed by atoms with Crippen LogP contribution >= 0.6 is 0 Å². The number of nitrogens with zero attached hydrogens (tertiary/aromatic N) is 2. The Bertz CT molecular complexity index is 271. The fourth-order valence-electron chi connectivity index (χ4n) is 1.51. The highest BCUT2D eigenvalue weighted by molar-refractivity contribution is 5.00. The van der Waals surface area contributed by atoms with Crippen LogP contribution in [0.5, 0.6) is 0 Å². The summed E-state index contributed by atoms with van der Waals surface area (Å²) in [4.78, 5) is 0. The van der Waals surface area contributed by atoms with E-state index >= 15 is 0 Å². The van der Waals surface area contributed by atoms with Crippen LogP contribution in [0.15, 0.2) is 12.3 Å². The van der Waals surface area contributed by atoms with Gasteiger partial charge in [-0.15, -0.1) is 0 Å². The normalized spacial score (nSPS) is 13.0. The molecule has 0 amide bonds. The second-order valence-corrected chi connectivity index (χ2v) is 3.94. The second-order valence-electron chi connectivity index (χ2n) is 3.94. The smallest absolute Gasteiger partial charge is 0.0512 e. The third-order valence-corrected chi connectivity index (χ3v) is 2.46. The van der Waals surface area contributed by atoms with Crippen molar-refractivity contribution in [3.8, 4) is 0 Å². The summed E-state index contributed by atoms with van der Waals surface area (Å²) in [5, 5.41) is 16.5. The van der Waals surface area contributed by atoms with Crippen LogP contribution in [0.1, 0.15) is 25.5 Å². The fraction of sp³-hybridized carbons (Fsp3) is 0.727. The molecule has 1 rings (SSSR count). The number of aliphatic hydroxyl groups is 1. The van der Waals surface area contributed by atoms with Crippen LogP contribution in [-0.4, -0.2) is 34.1 Å². The van der Waals surface area contributed by atoms with E-state index in [1.165, 1.54) is 5.69 Å². The lowest BCUT2D eigenvalue weighted by atomic mass is 10.2. The lowest BCUT2D eigenvalue weighted by molar-refractivity contribution is 0.181. The standard InChI is InChI=1S/C11H21N3O/c1-10(15)4-3-7-12-8-5-11-6-9-13-14(11)2/h6,9-10,12,15H,3-5,7-8H2,1-2H3. The maximum absolute atomic E-state index is 9.06. The number of aliphatic hydroxyl groups excluding tert-OH is 1. The third kappa shape index (κ3) is 4.95. The van der Waals surface area contributed by atoms with E-state index in [9.17, 15) is 0 Å². The summed E-state index contributed by atoms with van der Waals surface area (Å²) in [6.07, 6.45) is 4.55. The highest BCUT2D eigenvalue weighted by Crippen LogP contribution is 1.97. The number of hydrogen-bond donors (Lipinski definition) is 2. The van der Waals surface area contributed by atoms with Gasteiger partial charge in [-0.1, -0.05) is 0 Å². The van der Waals surface area contributed by atoms with Crippen molar-refractivity contribution >= 4 is 0 Å². The summed E-state index contributed by atoms with van der Waals surface area (Å²) >= 11 is 0. The van der Waals surface area contributed by atoms with Gasteiger partial charge in [0.15, 0.2) is 0 Å². The molecule has 1 aromatic heterocycles. The van der Waals surface area contributed by atoms with Gasteiger partial charge in [0.1, 0.15) is 0 Å². The largest absolute Gasteiger partial charge is 0.393 e. The first-order valence-electron chi connectivity index (χ1n) is 5.56. The molecule has 1 aromatic rings. The Hall–Kier alpha value is -0.870. The summed E-state index contributed by atoms with van der Waals surface area (Å²) < 4.78 is 1.90. The van der Waals surface area contributed by atoms with Crippen LogP contribution in [0, 0.1) is 0 Å². The quantitative estimate of drug-likeness (QED) is 0.653. The van der Waals surface area contributed by atoms with Gasteiger partial charge in [-0.3, -0.25) is 4.68 Å². The molecule has 0 aliphatic heterocycles. The first kappa shape index (κ1) is 12.2. The van der Waals surface area contributed by atoms with Crippen LogP contribution in [-0.2, 0) is 13.5 Å². The number of aromatic nitrogens is 2. The van der Waals surface area contributed by atoms with Gasteiger partial charge in [0.2, 0.25) is 0 Å². The van der Waals surface area contributed by atoms with Crippen LogP contribution in [0.2, 0.25) is 0 Å². The molecule has 0 fully saturated rings. The molecule has 1 atom stereocenters. The molecule has 0 aromatic carbocycles. The zero-order chi connectivity index (χ0) is 11.1. The first-order valence-corrected chi connectivity index (χ1v) is 5.56. The monoisotopic (exact) mass is 211 g/mol. The van der Waals surface area contributed by atoms with Crippen LogP contribution in [0.25, 0.3) is 0 Å². The summed E-state index contributed by atoms with van der Waals surface area (Å²) in [6.45, 7) is 3.78. The fourth-order valence-corrected chi connectivity index (χ4v) is 1.51. The lowest BCUT2D eigenvalue weighted by Gasteiger charge is -2.06. The Morgan fingerprint density at radius 2 is 2.33 bits per heavy atom. The molecule has 15 heavy (non-hydrogen) atoms. The molecule has 0 saturated heterocycles. The lowest BCUT2D eigenvalue weighted by Crippen LogP contribution is -2.20. The minimum absolute atomic E-state index is 0.177. The Morgan fingerprint density at radius 1 is 1.53 bits per heavy atom. The van der Waals surface area contributed by atoms with E-state index in [0.29, 0.717) is 0 Å². The van der Waals surface area contributed by atoms with Gasteiger partial charge in [0.25, 0.3) is 0 Å². The van der Waals surface area contributed by atoms with Crippen molar-refractivity contribution in [2.45, 2.75) is 32.3 Å². The Labute approximate surface area is 91.3 Å². The highest BCUT2D eigenvalue weighted by Gasteiger charge is 1.98. The molecular formula is C11H21N3O. The van der Waals surface area contributed by atoms with Gasteiger partial charge in [-0.05, 0) is 32.4 Å². The van der Waals surface area contributed by atoms with E-state index in [0.717, 1.165) is 32.4 Å². The van der Waals surface area contributed by atoms with E-state index in [4.69, 9.17) is 5.11 Å². The van der Waals surface area contributed by atoms with Gasteiger partial charge in [-0.2, -0.15) is 5.10 Å². The van der Waals surface area contributed by atoms with Crippen molar-refractivity contribution in [3.63, 3.8) is 0 Å². The maximum atomic E-state index is 9.06. The minimum atomic E-state index is -0.177. The third-order valence-electron chi connectivity index (χ3n) is 2.46. The predicted octanol–water partition coefficient (Wildman–Crippen LogP) is 0.713. The van der Waals surface area contributed by atoms with Gasteiger partial charge >= 0.3 is 0 Å². The van der Waals surface area contributed by atoms with Crippen molar-refractivity contribution in [1.82, 2.24) is 15.1 Å². The van der Waals surface area contributed by atoms with E-state index in [1.54, 1.807) is 0 Å².